The van der Waals surface area contributed by atoms with Crippen LogP contribution in [0.5, 0.6) is 0 Å². The van der Waals surface area contributed by atoms with Gasteiger partial charge in [0.15, 0.2) is 11.5 Å². The Balaban J connectivity index is 1.63. The Morgan fingerprint density at radius 2 is 1.79 bits per heavy atom. The lowest BCUT2D eigenvalue weighted by molar-refractivity contribution is 0.626. The zero-order valence-electron chi connectivity index (χ0n) is 12.6. The summed E-state index contributed by atoms with van der Waals surface area (Å²) in [6.07, 6.45) is 0. The number of hydrogen-bond acceptors (Lipinski definition) is 4. The van der Waals surface area contributed by atoms with E-state index >= 15 is 0 Å². The third-order valence-electron chi connectivity index (χ3n) is 3.55. The van der Waals surface area contributed by atoms with Crippen LogP contribution < -0.4 is 0 Å². The molecule has 4 rings (SSSR count). The second-order valence-electron chi connectivity index (χ2n) is 5.25. The van der Waals surface area contributed by atoms with Gasteiger partial charge in [-0.15, -0.1) is 10.2 Å². The van der Waals surface area contributed by atoms with Gasteiger partial charge in [-0.3, -0.25) is 0 Å². The molecule has 0 N–H and O–H groups in total. The third kappa shape index (κ3) is 3.00. The van der Waals surface area contributed by atoms with Crippen LogP contribution in [-0.2, 0) is 5.75 Å². The number of rotatable bonds is 4. The first kappa shape index (κ1) is 14.8. The molecule has 0 saturated carbocycles. The minimum atomic E-state index is -0.221. The van der Waals surface area contributed by atoms with Gasteiger partial charge in [-0.2, -0.15) is 9.61 Å². The van der Waals surface area contributed by atoms with Crippen molar-refractivity contribution in [3.05, 3.63) is 78.1 Å². The van der Waals surface area contributed by atoms with Crippen LogP contribution >= 0.6 is 11.8 Å². The predicted octanol–water partition coefficient (Wildman–Crippen LogP) is 4.22. The molecule has 2 aromatic heterocycles. The van der Waals surface area contributed by atoms with Crippen molar-refractivity contribution in [2.24, 2.45) is 0 Å². The maximum Gasteiger partial charge on any atom is 0.185 e. The molecule has 0 aliphatic carbocycles. The molecule has 0 atom stereocenters. The number of benzene rings is 2. The summed E-state index contributed by atoms with van der Waals surface area (Å²) in [5, 5.41) is 13.8. The standard InChI is InChI=1S/C18H13FN4S/c19-15-8-4-5-13(11-15)12-24-17-10-9-16-20-21-18(23(16)22-17)14-6-2-1-3-7-14/h1-11H,12H2. The first-order valence-electron chi connectivity index (χ1n) is 7.45. The highest BCUT2D eigenvalue weighted by Gasteiger charge is 2.10. The SMILES string of the molecule is Fc1cccc(CSc2ccc3nnc(-c4ccccc4)n3n2)c1. The van der Waals surface area contributed by atoms with Crippen molar-refractivity contribution in [3.63, 3.8) is 0 Å². The molecule has 24 heavy (non-hydrogen) atoms. The first-order chi connectivity index (χ1) is 11.8. The Labute approximate surface area is 142 Å². The Kier molecular flexibility index (Phi) is 3.96. The smallest absolute Gasteiger partial charge is 0.185 e. The lowest BCUT2D eigenvalue weighted by atomic mass is 10.2. The van der Waals surface area contributed by atoms with Crippen LogP contribution in [0, 0.1) is 5.82 Å². The quantitative estimate of drug-likeness (QED) is 0.523. The fourth-order valence-electron chi connectivity index (χ4n) is 2.40. The molecule has 2 aromatic carbocycles. The van der Waals surface area contributed by atoms with Gasteiger partial charge in [-0.25, -0.2) is 4.39 Å². The van der Waals surface area contributed by atoms with Crippen molar-refractivity contribution in [1.29, 1.82) is 0 Å². The number of fused-ring (bicyclic) bond motifs is 1. The van der Waals surface area contributed by atoms with E-state index in [1.54, 1.807) is 28.4 Å². The zero-order chi connectivity index (χ0) is 16.4. The van der Waals surface area contributed by atoms with E-state index in [-0.39, 0.29) is 5.82 Å². The lowest BCUT2D eigenvalue weighted by Gasteiger charge is -2.03. The molecule has 0 aliphatic heterocycles. The minimum absolute atomic E-state index is 0.221. The Hall–Kier alpha value is -2.73. The van der Waals surface area contributed by atoms with Gasteiger partial charge in [-0.1, -0.05) is 54.2 Å². The number of hydrogen-bond donors (Lipinski definition) is 0. The van der Waals surface area contributed by atoms with Gasteiger partial charge in [0, 0.05) is 11.3 Å². The van der Waals surface area contributed by atoms with Crippen molar-refractivity contribution in [1.82, 2.24) is 19.8 Å². The van der Waals surface area contributed by atoms with Gasteiger partial charge in [0.2, 0.25) is 0 Å². The molecule has 118 valence electrons. The predicted molar refractivity (Wildman–Crippen MR) is 92.2 cm³/mol. The Morgan fingerprint density at radius 1 is 0.917 bits per heavy atom. The minimum Gasteiger partial charge on any atom is -0.207 e. The maximum atomic E-state index is 13.3. The van der Waals surface area contributed by atoms with Crippen molar-refractivity contribution in [3.8, 4) is 11.4 Å². The highest BCUT2D eigenvalue weighted by molar-refractivity contribution is 7.98. The van der Waals surface area contributed by atoms with Crippen molar-refractivity contribution in [2.45, 2.75) is 10.8 Å². The molecule has 0 spiro atoms. The molecular weight excluding hydrogens is 323 g/mol. The van der Waals surface area contributed by atoms with Crippen molar-refractivity contribution >= 4 is 17.4 Å². The summed E-state index contributed by atoms with van der Waals surface area (Å²) >= 11 is 1.55. The first-order valence-corrected chi connectivity index (χ1v) is 8.43. The summed E-state index contributed by atoms with van der Waals surface area (Å²) < 4.78 is 15.0. The highest BCUT2D eigenvalue weighted by atomic mass is 32.2. The zero-order valence-corrected chi connectivity index (χ0v) is 13.4. The molecular formula is C18H13FN4S. The Bertz CT molecular complexity index is 985. The van der Waals surface area contributed by atoms with Gasteiger partial charge < -0.3 is 0 Å². The summed E-state index contributed by atoms with van der Waals surface area (Å²) in [4.78, 5) is 0. The molecule has 2 heterocycles. The van der Waals surface area contributed by atoms with Gasteiger partial charge in [-0.05, 0) is 29.8 Å². The van der Waals surface area contributed by atoms with E-state index in [0.29, 0.717) is 17.2 Å². The van der Waals surface area contributed by atoms with Crippen LogP contribution in [-0.4, -0.2) is 19.8 Å². The topological polar surface area (TPSA) is 43.1 Å². The molecule has 4 nitrogen and oxygen atoms in total. The van der Waals surface area contributed by atoms with Crippen molar-refractivity contribution < 1.29 is 4.39 Å². The number of aromatic nitrogens is 4. The number of thioether (sulfide) groups is 1. The number of nitrogens with zero attached hydrogens (tertiary/aromatic N) is 4. The molecule has 0 radical (unpaired) electrons. The van der Waals surface area contributed by atoms with Crippen LogP contribution in [0.3, 0.4) is 0 Å². The molecule has 4 aromatic rings. The summed E-state index contributed by atoms with van der Waals surface area (Å²) in [7, 11) is 0. The second kappa shape index (κ2) is 6.41. The Morgan fingerprint density at radius 3 is 2.62 bits per heavy atom. The van der Waals surface area contributed by atoms with Crippen LogP contribution in [0.4, 0.5) is 4.39 Å². The largest absolute Gasteiger partial charge is 0.207 e. The van der Waals surface area contributed by atoms with E-state index in [2.05, 4.69) is 15.3 Å². The van der Waals surface area contributed by atoms with E-state index in [4.69, 9.17) is 0 Å². The van der Waals surface area contributed by atoms with Crippen LogP contribution in [0.1, 0.15) is 5.56 Å². The summed E-state index contributed by atoms with van der Waals surface area (Å²) in [6, 6.07) is 20.2. The second-order valence-corrected chi connectivity index (χ2v) is 6.25. The molecule has 0 aliphatic rings. The van der Waals surface area contributed by atoms with E-state index in [9.17, 15) is 4.39 Å². The van der Waals surface area contributed by atoms with E-state index in [1.165, 1.54) is 6.07 Å². The maximum absolute atomic E-state index is 13.3. The monoisotopic (exact) mass is 336 g/mol. The molecule has 0 saturated heterocycles. The fraction of sp³-hybridized carbons (Fsp3) is 0.0556. The molecule has 0 unspecified atom stereocenters. The molecule has 6 heteroatoms. The normalized spacial score (nSPS) is 11.0. The van der Waals surface area contributed by atoms with E-state index in [0.717, 1.165) is 16.2 Å². The summed E-state index contributed by atoms with van der Waals surface area (Å²) in [6.45, 7) is 0. The molecule has 0 amide bonds. The van der Waals surface area contributed by atoms with Crippen LogP contribution in [0.15, 0.2) is 71.8 Å². The lowest BCUT2D eigenvalue weighted by Crippen LogP contribution is -1.96. The van der Waals surface area contributed by atoms with E-state index in [1.807, 2.05) is 48.5 Å². The summed E-state index contributed by atoms with van der Waals surface area (Å²) in [5.74, 6) is 1.14. The van der Waals surface area contributed by atoms with Crippen LogP contribution in [0.2, 0.25) is 0 Å². The number of halogens is 1. The van der Waals surface area contributed by atoms with Crippen molar-refractivity contribution in [2.75, 3.05) is 0 Å². The average Bonchev–Trinajstić information content (AvgIpc) is 3.04. The van der Waals surface area contributed by atoms with Gasteiger partial charge >= 0.3 is 0 Å². The third-order valence-corrected chi connectivity index (χ3v) is 4.54. The van der Waals surface area contributed by atoms with Gasteiger partial charge in [0.05, 0.1) is 0 Å². The van der Waals surface area contributed by atoms with E-state index < -0.39 is 0 Å². The van der Waals surface area contributed by atoms with Crippen LogP contribution in [0.25, 0.3) is 17.0 Å². The molecule has 0 fully saturated rings. The van der Waals surface area contributed by atoms with Gasteiger partial charge in [0.1, 0.15) is 10.8 Å². The molecule has 0 bridgehead atoms. The highest BCUT2D eigenvalue weighted by Crippen LogP contribution is 2.23. The summed E-state index contributed by atoms with van der Waals surface area (Å²) in [5.41, 5.74) is 2.59. The fourth-order valence-corrected chi connectivity index (χ4v) is 3.20. The average molecular weight is 336 g/mol. The van der Waals surface area contributed by atoms with Gasteiger partial charge in [0.25, 0.3) is 0 Å².